The van der Waals surface area contributed by atoms with Crippen LogP contribution in [0.15, 0.2) is 29.4 Å². The second-order valence-electron chi connectivity index (χ2n) is 6.78. The smallest absolute Gasteiger partial charge is 0.247 e. The number of nitrogens with one attached hydrogen (secondary N) is 1. The van der Waals surface area contributed by atoms with Gasteiger partial charge in [-0.15, -0.1) is 10.2 Å². The second kappa shape index (κ2) is 7.20. The third-order valence-corrected chi connectivity index (χ3v) is 5.79. The Morgan fingerprint density at radius 1 is 1.16 bits per heavy atom. The zero-order valence-electron chi connectivity index (χ0n) is 14.6. The van der Waals surface area contributed by atoms with Crippen LogP contribution in [0.2, 0.25) is 0 Å². The van der Waals surface area contributed by atoms with Gasteiger partial charge in [0.2, 0.25) is 11.0 Å². The minimum Gasteiger partial charge on any atom is -0.449 e. The van der Waals surface area contributed by atoms with E-state index in [2.05, 4.69) is 34.6 Å². The summed E-state index contributed by atoms with van der Waals surface area (Å²) in [6.07, 6.45) is 7.90. The molecule has 4 rings (SSSR count). The predicted octanol–water partition coefficient (Wildman–Crippen LogP) is 4.90. The lowest BCUT2D eigenvalue weighted by Gasteiger charge is -2.37. The number of thioether (sulfide) groups is 1. The summed E-state index contributed by atoms with van der Waals surface area (Å²) >= 11 is 1.66. The number of unbranched alkanes of at least 4 members (excludes halogenated alkanes) is 1. The summed E-state index contributed by atoms with van der Waals surface area (Å²) in [6, 6.07) is 8.22. The minimum atomic E-state index is -0.374. The van der Waals surface area contributed by atoms with Gasteiger partial charge >= 0.3 is 0 Å². The van der Waals surface area contributed by atoms with Crippen molar-refractivity contribution >= 4 is 17.4 Å². The summed E-state index contributed by atoms with van der Waals surface area (Å²) in [6.45, 7) is 2.19. The molecule has 0 radical (unpaired) electrons. The highest BCUT2D eigenvalue weighted by Gasteiger charge is 2.38. The van der Waals surface area contributed by atoms with Crippen LogP contribution in [0.5, 0.6) is 5.88 Å². The first kappa shape index (κ1) is 16.6. The Balaban J connectivity index is 1.73. The van der Waals surface area contributed by atoms with E-state index < -0.39 is 0 Å². The van der Waals surface area contributed by atoms with E-state index in [1.54, 1.807) is 11.8 Å². The van der Waals surface area contributed by atoms with Crippen molar-refractivity contribution in [1.29, 1.82) is 0 Å². The SMILES string of the molecule is CCCCSc1nnc2c(n1)OC1(CCCCC1)Nc1ccccc1-2. The zero-order chi connectivity index (χ0) is 17.1. The summed E-state index contributed by atoms with van der Waals surface area (Å²) in [5.74, 6) is 1.63. The molecule has 2 heterocycles. The van der Waals surface area contributed by atoms with Gasteiger partial charge in [-0.2, -0.15) is 4.98 Å². The van der Waals surface area contributed by atoms with Crippen molar-refractivity contribution in [1.82, 2.24) is 15.2 Å². The third-order valence-electron chi connectivity index (χ3n) is 4.86. The van der Waals surface area contributed by atoms with Crippen molar-refractivity contribution in [3.05, 3.63) is 24.3 Å². The highest BCUT2D eigenvalue weighted by Crippen LogP contribution is 2.43. The van der Waals surface area contributed by atoms with E-state index in [1.807, 2.05) is 12.1 Å². The summed E-state index contributed by atoms with van der Waals surface area (Å²) < 4.78 is 6.48. The molecule has 1 aromatic carbocycles. The van der Waals surface area contributed by atoms with Gasteiger partial charge in [0, 0.05) is 29.8 Å². The number of nitrogens with zero attached hydrogens (tertiary/aromatic N) is 3. The molecule has 1 N–H and O–H groups in total. The number of benzene rings is 1. The highest BCUT2D eigenvalue weighted by molar-refractivity contribution is 7.99. The second-order valence-corrected chi connectivity index (χ2v) is 7.84. The van der Waals surface area contributed by atoms with Crippen molar-refractivity contribution in [3.8, 4) is 17.1 Å². The number of anilines is 1. The maximum absolute atomic E-state index is 6.48. The Hall–Kier alpha value is -1.82. The Morgan fingerprint density at radius 2 is 2.00 bits per heavy atom. The molecule has 0 saturated heterocycles. The van der Waals surface area contributed by atoms with Gasteiger partial charge in [0.15, 0.2) is 11.4 Å². The van der Waals surface area contributed by atoms with E-state index in [-0.39, 0.29) is 5.72 Å². The third kappa shape index (κ3) is 3.45. The Labute approximate surface area is 153 Å². The summed E-state index contributed by atoms with van der Waals surface area (Å²) in [7, 11) is 0. The van der Waals surface area contributed by atoms with E-state index in [0.717, 1.165) is 42.0 Å². The Bertz CT molecular complexity index is 746. The Kier molecular flexibility index (Phi) is 4.79. The van der Waals surface area contributed by atoms with Crippen LogP contribution in [-0.2, 0) is 0 Å². The molecule has 1 saturated carbocycles. The van der Waals surface area contributed by atoms with Gasteiger partial charge in [-0.05, 0) is 25.3 Å². The fourth-order valence-corrected chi connectivity index (χ4v) is 4.37. The quantitative estimate of drug-likeness (QED) is 0.621. The summed E-state index contributed by atoms with van der Waals surface area (Å²) in [4.78, 5) is 4.72. The van der Waals surface area contributed by atoms with Crippen LogP contribution < -0.4 is 10.1 Å². The lowest BCUT2D eigenvalue weighted by atomic mass is 9.91. The molecule has 0 bridgehead atoms. The number of hydrogen-bond donors (Lipinski definition) is 1. The first-order valence-corrected chi connectivity index (χ1v) is 10.2. The van der Waals surface area contributed by atoms with Crippen molar-refractivity contribution in [2.24, 2.45) is 0 Å². The molecule has 0 unspecified atom stereocenters. The average molecular weight is 356 g/mol. The first-order valence-electron chi connectivity index (χ1n) is 9.24. The molecule has 1 fully saturated rings. The van der Waals surface area contributed by atoms with Crippen LogP contribution >= 0.6 is 11.8 Å². The largest absolute Gasteiger partial charge is 0.449 e. The monoisotopic (exact) mass is 356 g/mol. The zero-order valence-corrected chi connectivity index (χ0v) is 15.4. The summed E-state index contributed by atoms with van der Waals surface area (Å²) in [5.41, 5.74) is 2.45. The van der Waals surface area contributed by atoms with Gasteiger partial charge in [0.05, 0.1) is 0 Å². The first-order chi connectivity index (χ1) is 12.3. The lowest BCUT2D eigenvalue weighted by Crippen LogP contribution is -2.45. The van der Waals surface area contributed by atoms with E-state index in [0.29, 0.717) is 11.0 Å². The van der Waals surface area contributed by atoms with E-state index in [4.69, 9.17) is 9.72 Å². The van der Waals surface area contributed by atoms with Gasteiger partial charge in [-0.1, -0.05) is 49.7 Å². The molecule has 2 aliphatic rings. The van der Waals surface area contributed by atoms with Crippen molar-refractivity contribution in [2.45, 2.75) is 62.8 Å². The van der Waals surface area contributed by atoms with Gasteiger partial charge < -0.3 is 10.1 Å². The topological polar surface area (TPSA) is 59.9 Å². The van der Waals surface area contributed by atoms with Crippen LogP contribution in [-0.4, -0.2) is 26.7 Å². The number of hydrogen-bond acceptors (Lipinski definition) is 6. The molecule has 25 heavy (non-hydrogen) atoms. The molecule has 0 atom stereocenters. The normalized spacial score (nSPS) is 17.8. The fraction of sp³-hybridized carbons (Fsp3) is 0.526. The number of aromatic nitrogens is 3. The van der Waals surface area contributed by atoms with Gasteiger partial charge in [0.1, 0.15) is 0 Å². The standard InChI is InChI=1S/C19H24N4OS/c1-2-3-13-25-18-20-17-16(22-23-18)14-9-5-6-10-15(14)21-19(24-17)11-7-4-8-12-19/h5-6,9-10,21H,2-4,7-8,11-13H2,1H3. The minimum absolute atomic E-state index is 0.374. The molecule has 1 aliphatic carbocycles. The molecule has 5 nitrogen and oxygen atoms in total. The number of ether oxygens (including phenoxy) is 1. The van der Waals surface area contributed by atoms with E-state index >= 15 is 0 Å². The lowest BCUT2D eigenvalue weighted by molar-refractivity contribution is 0.0536. The van der Waals surface area contributed by atoms with Crippen LogP contribution in [0, 0.1) is 0 Å². The van der Waals surface area contributed by atoms with E-state index in [1.165, 1.54) is 25.7 Å². The number of para-hydroxylation sites is 1. The maximum atomic E-state index is 6.48. The van der Waals surface area contributed by atoms with Crippen molar-refractivity contribution < 1.29 is 4.74 Å². The average Bonchev–Trinajstić information content (AvgIpc) is 2.76. The van der Waals surface area contributed by atoms with Crippen LogP contribution in [0.25, 0.3) is 11.3 Å². The maximum Gasteiger partial charge on any atom is 0.247 e. The van der Waals surface area contributed by atoms with Crippen LogP contribution in [0.4, 0.5) is 5.69 Å². The van der Waals surface area contributed by atoms with Crippen LogP contribution in [0.3, 0.4) is 0 Å². The molecule has 6 heteroatoms. The molecule has 132 valence electrons. The van der Waals surface area contributed by atoms with Crippen molar-refractivity contribution in [2.75, 3.05) is 11.1 Å². The molecule has 1 aromatic heterocycles. The summed E-state index contributed by atoms with van der Waals surface area (Å²) in [5, 5.41) is 13.2. The molecule has 2 aromatic rings. The number of rotatable bonds is 4. The van der Waals surface area contributed by atoms with E-state index in [9.17, 15) is 0 Å². The predicted molar refractivity (Wildman–Crippen MR) is 101 cm³/mol. The van der Waals surface area contributed by atoms with Gasteiger partial charge in [-0.25, -0.2) is 0 Å². The molecule has 1 aliphatic heterocycles. The van der Waals surface area contributed by atoms with Gasteiger partial charge in [0.25, 0.3) is 0 Å². The number of fused-ring (bicyclic) bond motifs is 3. The fourth-order valence-electron chi connectivity index (χ4n) is 3.51. The Morgan fingerprint density at radius 3 is 2.84 bits per heavy atom. The highest BCUT2D eigenvalue weighted by atomic mass is 32.2. The molecular formula is C19H24N4OS. The van der Waals surface area contributed by atoms with Crippen molar-refractivity contribution in [3.63, 3.8) is 0 Å². The molecular weight excluding hydrogens is 332 g/mol. The van der Waals surface area contributed by atoms with Crippen LogP contribution in [0.1, 0.15) is 51.9 Å². The molecule has 1 spiro atoms. The molecule has 0 amide bonds. The van der Waals surface area contributed by atoms with Gasteiger partial charge in [-0.3, -0.25) is 0 Å².